The Labute approximate surface area is 137 Å². The van der Waals surface area contributed by atoms with Crippen LogP contribution < -0.4 is 9.80 Å². The predicted molar refractivity (Wildman–Crippen MR) is 89.5 cm³/mol. The van der Waals surface area contributed by atoms with Crippen molar-refractivity contribution in [2.45, 2.75) is 0 Å². The Balaban J connectivity index is 1.74. The summed E-state index contributed by atoms with van der Waals surface area (Å²) in [5.74, 6) is 0.636. The summed E-state index contributed by atoms with van der Waals surface area (Å²) >= 11 is 0. The number of hydrogen-bond donors (Lipinski definition) is 0. The smallest absolute Gasteiger partial charge is 0.216 e. The van der Waals surface area contributed by atoms with Gasteiger partial charge in [-0.25, -0.2) is 9.97 Å². The molecule has 0 saturated heterocycles. The van der Waals surface area contributed by atoms with E-state index in [0.717, 1.165) is 21.3 Å². The van der Waals surface area contributed by atoms with Crippen LogP contribution in [0.25, 0.3) is 21.9 Å². The van der Waals surface area contributed by atoms with Crippen LogP contribution in [-0.4, -0.2) is 16.9 Å². The van der Waals surface area contributed by atoms with Crippen LogP contribution in [0.4, 0.5) is 17.3 Å². The second-order valence-corrected chi connectivity index (χ2v) is 5.23. The van der Waals surface area contributed by atoms with Gasteiger partial charge >= 0.3 is 0 Å². The van der Waals surface area contributed by atoms with Gasteiger partial charge in [0.1, 0.15) is 5.58 Å². The maximum absolute atomic E-state index is 7.74. The van der Waals surface area contributed by atoms with Crippen LogP contribution in [0.3, 0.4) is 0 Å². The molecule has 0 unspecified atom stereocenters. The van der Waals surface area contributed by atoms with Gasteiger partial charge in [0.05, 0.1) is 5.69 Å². The average molecular weight is 303 g/mol. The van der Waals surface area contributed by atoms with E-state index < -0.39 is 6.98 Å². The lowest BCUT2D eigenvalue weighted by molar-refractivity contribution is 0.668. The molecule has 0 aliphatic carbocycles. The van der Waals surface area contributed by atoms with Crippen molar-refractivity contribution in [3.05, 3.63) is 61.5 Å². The summed E-state index contributed by atoms with van der Waals surface area (Å²) in [7, 11) is 0. The van der Waals surface area contributed by atoms with Crippen LogP contribution in [0, 0.1) is 6.67 Å². The number of anilines is 3. The molecule has 0 atom stereocenters. The number of furan rings is 1. The molecule has 0 spiro atoms. The number of aromatic nitrogens is 2. The molecule has 2 aromatic carbocycles. The topological polar surface area (TPSA) is 45.4 Å². The standard InChI is InChI=1S/C18H12N4O/c1-21-11-22(18-17(21)19-9-10-20-18)14-7-4-6-13-12-5-2-3-8-15(12)23-16(13)14/h2-10H,1H3/i1D3. The van der Waals surface area contributed by atoms with E-state index >= 15 is 0 Å². The molecule has 0 fully saturated rings. The minimum atomic E-state index is -2.42. The van der Waals surface area contributed by atoms with Gasteiger partial charge in [-0.15, -0.1) is 0 Å². The third-order valence-corrected chi connectivity index (χ3v) is 3.91. The molecule has 5 rings (SSSR count). The molecule has 3 heterocycles. The highest BCUT2D eigenvalue weighted by Gasteiger charge is 2.30. The fraction of sp³-hybridized carbons (Fsp3) is 0.0556. The number of para-hydroxylation sites is 2. The fourth-order valence-electron chi connectivity index (χ4n) is 2.91. The van der Waals surface area contributed by atoms with Gasteiger partial charge in [0, 0.05) is 34.3 Å². The van der Waals surface area contributed by atoms with Crippen LogP contribution in [0.5, 0.6) is 0 Å². The van der Waals surface area contributed by atoms with Gasteiger partial charge in [0.25, 0.3) is 0 Å². The Hall–Kier alpha value is -3.08. The van der Waals surface area contributed by atoms with Gasteiger partial charge in [-0.3, -0.25) is 4.90 Å². The Morgan fingerprint density at radius 3 is 2.74 bits per heavy atom. The number of fused-ring (bicyclic) bond motifs is 4. The molecular weight excluding hydrogens is 288 g/mol. The van der Waals surface area contributed by atoms with E-state index in [1.807, 2.05) is 42.5 Å². The van der Waals surface area contributed by atoms with Crippen molar-refractivity contribution >= 4 is 39.3 Å². The first-order chi connectivity index (χ1) is 12.5. The Morgan fingerprint density at radius 2 is 1.83 bits per heavy atom. The summed E-state index contributed by atoms with van der Waals surface area (Å²) < 4.78 is 29.3. The highest BCUT2D eigenvalue weighted by Crippen LogP contribution is 2.43. The van der Waals surface area contributed by atoms with Gasteiger partial charge in [0.2, 0.25) is 6.67 Å². The second kappa shape index (κ2) is 4.46. The second-order valence-electron chi connectivity index (χ2n) is 5.23. The van der Waals surface area contributed by atoms with Gasteiger partial charge in [0.15, 0.2) is 17.2 Å². The van der Waals surface area contributed by atoms with Crippen molar-refractivity contribution < 1.29 is 8.53 Å². The molecule has 2 aromatic heterocycles. The maximum Gasteiger partial charge on any atom is 0.216 e. The Morgan fingerprint density at radius 1 is 1.00 bits per heavy atom. The molecule has 110 valence electrons. The summed E-state index contributed by atoms with van der Waals surface area (Å²) in [5.41, 5.74) is 2.07. The van der Waals surface area contributed by atoms with Gasteiger partial charge in [-0.05, 0) is 12.1 Å². The number of benzene rings is 2. The average Bonchev–Trinajstić information content (AvgIpc) is 3.20. The van der Waals surface area contributed by atoms with E-state index in [2.05, 4.69) is 16.6 Å². The molecule has 5 heteroatoms. The zero-order valence-electron chi connectivity index (χ0n) is 14.9. The molecule has 0 saturated carbocycles. The number of rotatable bonds is 1. The highest BCUT2D eigenvalue weighted by molar-refractivity contribution is 6.09. The molecule has 0 amide bonds. The summed E-state index contributed by atoms with van der Waals surface area (Å²) in [5, 5.41) is 1.94. The normalized spacial score (nSPS) is 16.4. The third kappa shape index (κ3) is 1.67. The van der Waals surface area contributed by atoms with Crippen LogP contribution >= 0.6 is 0 Å². The maximum atomic E-state index is 7.74. The van der Waals surface area contributed by atoms with Crippen LogP contribution in [-0.2, 0) is 0 Å². The lowest BCUT2D eigenvalue weighted by Gasteiger charge is -2.16. The van der Waals surface area contributed by atoms with Gasteiger partial charge in [-0.2, -0.15) is 0 Å². The van der Waals surface area contributed by atoms with E-state index in [4.69, 9.17) is 8.53 Å². The largest absolute Gasteiger partial charge is 0.454 e. The van der Waals surface area contributed by atoms with Crippen LogP contribution in [0.15, 0.2) is 59.3 Å². The molecular formula is C18H12N4O. The van der Waals surface area contributed by atoms with E-state index in [0.29, 0.717) is 17.1 Å². The van der Waals surface area contributed by atoms with E-state index in [-0.39, 0.29) is 5.82 Å². The lowest BCUT2D eigenvalue weighted by atomic mass is 10.1. The van der Waals surface area contributed by atoms with E-state index in [9.17, 15) is 0 Å². The van der Waals surface area contributed by atoms with Crippen molar-refractivity contribution in [3.8, 4) is 0 Å². The zero-order chi connectivity index (χ0) is 17.9. The molecule has 5 nitrogen and oxygen atoms in total. The van der Waals surface area contributed by atoms with Gasteiger partial charge < -0.3 is 9.32 Å². The zero-order valence-corrected chi connectivity index (χ0v) is 11.9. The Kier molecular flexibility index (Phi) is 1.91. The first-order valence-electron chi connectivity index (χ1n) is 8.62. The fourth-order valence-corrected chi connectivity index (χ4v) is 2.91. The molecule has 0 bridgehead atoms. The van der Waals surface area contributed by atoms with Crippen molar-refractivity contribution in [2.75, 3.05) is 16.8 Å². The van der Waals surface area contributed by atoms with Crippen molar-refractivity contribution in [1.29, 1.82) is 0 Å². The summed E-state index contributed by atoms with van der Waals surface area (Å²) in [6, 6.07) is 13.5. The molecule has 2 radical (unpaired) electrons. The van der Waals surface area contributed by atoms with Gasteiger partial charge in [-0.1, -0.05) is 30.3 Å². The van der Waals surface area contributed by atoms with Crippen LogP contribution in [0.1, 0.15) is 4.11 Å². The summed E-state index contributed by atoms with van der Waals surface area (Å²) in [4.78, 5) is 11.1. The lowest BCUT2D eigenvalue weighted by Crippen LogP contribution is -2.17. The molecule has 1 aliphatic heterocycles. The summed E-state index contributed by atoms with van der Waals surface area (Å²) in [6.07, 6.45) is 2.99. The third-order valence-electron chi connectivity index (χ3n) is 3.91. The van der Waals surface area contributed by atoms with Crippen LogP contribution in [0.2, 0.25) is 0 Å². The van der Waals surface area contributed by atoms with E-state index in [1.54, 1.807) is 4.90 Å². The molecule has 23 heavy (non-hydrogen) atoms. The number of nitrogens with zero attached hydrogens (tertiary/aromatic N) is 4. The number of hydrogen-bond acceptors (Lipinski definition) is 5. The quantitative estimate of drug-likeness (QED) is 0.532. The SMILES string of the molecule is [2H]C([2H])([2H])N1[C]N(c2cccc3c2oc2ccccc23)c2nccnc21. The molecule has 1 aliphatic rings. The van der Waals surface area contributed by atoms with Crippen molar-refractivity contribution in [2.24, 2.45) is 0 Å². The monoisotopic (exact) mass is 303 g/mol. The minimum Gasteiger partial charge on any atom is -0.454 e. The first-order valence-corrected chi connectivity index (χ1v) is 7.12. The minimum absolute atomic E-state index is 0.237. The van der Waals surface area contributed by atoms with Crippen molar-refractivity contribution in [1.82, 2.24) is 9.97 Å². The van der Waals surface area contributed by atoms with E-state index in [1.165, 1.54) is 12.4 Å². The first kappa shape index (κ1) is 9.84. The molecule has 0 N–H and O–H groups in total. The summed E-state index contributed by atoms with van der Waals surface area (Å²) in [6.45, 7) is 0.453. The Bertz CT molecular complexity index is 1140. The highest BCUT2D eigenvalue weighted by atomic mass is 16.3. The molecule has 4 aromatic rings. The predicted octanol–water partition coefficient (Wildman–Crippen LogP) is 3.96. The van der Waals surface area contributed by atoms with Crippen molar-refractivity contribution in [3.63, 3.8) is 0 Å².